The first-order valence-electron chi connectivity index (χ1n) is 6.90. The third-order valence-corrected chi connectivity index (χ3v) is 5.12. The highest BCUT2D eigenvalue weighted by Crippen LogP contribution is 2.25. The average molecular weight is 255 g/mol. The minimum absolute atomic E-state index is 0.272. The van der Waals surface area contributed by atoms with Gasteiger partial charge in [0.15, 0.2) is 5.17 Å². The normalized spacial score (nSPS) is 32.9. The van der Waals surface area contributed by atoms with E-state index in [1.807, 2.05) is 11.8 Å². The number of hydrogen-bond acceptors (Lipinski definition) is 3. The van der Waals surface area contributed by atoms with E-state index >= 15 is 0 Å². The second-order valence-corrected chi connectivity index (χ2v) is 6.38. The van der Waals surface area contributed by atoms with Crippen LogP contribution in [-0.4, -0.2) is 47.5 Å². The first-order valence-corrected chi connectivity index (χ1v) is 7.88. The largest absolute Gasteiger partial charge is 0.359 e. The highest BCUT2D eigenvalue weighted by atomic mass is 32.2. The molecule has 0 aromatic rings. The molecule has 3 nitrogen and oxygen atoms in total. The van der Waals surface area contributed by atoms with Gasteiger partial charge >= 0.3 is 0 Å². The minimum atomic E-state index is 0.272. The Morgan fingerprint density at radius 3 is 2.76 bits per heavy atom. The Labute approximate surface area is 109 Å². The van der Waals surface area contributed by atoms with Crippen LogP contribution in [0.5, 0.6) is 0 Å². The number of piperidine rings is 1. The molecular formula is C13H25N3S. The van der Waals surface area contributed by atoms with E-state index in [0.29, 0.717) is 0 Å². The van der Waals surface area contributed by atoms with Gasteiger partial charge in [-0.2, -0.15) is 0 Å². The number of amidine groups is 1. The summed E-state index contributed by atoms with van der Waals surface area (Å²) in [7, 11) is 0. The third-order valence-electron chi connectivity index (χ3n) is 3.84. The van der Waals surface area contributed by atoms with Gasteiger partial charge < -0.3 is 10.2 Å². The standard InChI is InChI=1S/C13H25N3S/c1-3-13(2)11-17-12(15-13)14-7-10-16-8-5-4-6-9-16/h3-11H2,1-2H3,(H,14,15). The number of nitrogens with zero attached hydrogens (tertiary/aromatic N) is 2. The smallest absolute Gasteiger partial charge is 0.157 e. The van der Waals surface area contributed by atoms with Gasteiger partial charge in [-0.15, -0.1) is 0 Å². The number of likely N-dealkylation sites (tertiary alicyclic amines) is 1. The lowest BCUT2D eigenvalue weighted by Gasteiger charge is -2.25. The molecule has 0 radical (unpaired) electrons. The molecule has 0 spiro atoms. The summed E-state index contributed by atoms with van der Waals surface area (Å²) in [5.74, 6) is 1.16. The van der Waals surface area contributed by atoms with Crippen LogP contribution in [0.2, 0.25) is 0 Å². The Bertz CT molecular complexity index is 274. The monoisotopic (exact) mass is 255 g/mol. The van der Waals surface area contributed by atoms with Crippen LogP contribution < -0.4 is 5.32 Å². The van der Waals surface area contributed by atoms with Gasteiger partial charge in [0.1, 0.15) is 0 Å². The minimum Gasteiger partial charge on any atom is -0.359 e. The van der Waals surface area contributed by atoms with E-state index in [9.17, 15) is 0 Å². The predicted octanol–water partition coefficient (Wildman–Crippen LogP) is 2.33. The molecule has 2 rings (SSSR count). The van der Waals surface area contributed by atoms with Crippen molar-refractivity contribution in [2.75, 3.05) is 31.9 Å². The van der Waals surface area contributed by atoms with Crippen molar-refractivity contribution >= 4 is 16.9 Å². The molecule has 0 bridgehead atoms. The molecule has 98 valence electrons. The maximum Gasteiger partial charge on any atom is 0.157 e. The summed E-state index contributed by atoms with van der Waals surface area (Å²) in [5, 5.41) is 4.71. The van der Waals surface area contributed by atoms with Crippen LogP contribution in [0.15, 0.2) is 4.99 Å². The lowest BCUT2D eigenvalue weighted by Crippen LogP contribution is -2.40. The van der Waals surface area contributed by atoms with Gasteiger partial charge in [-0.1, -0.05) is 25.1 Å². The molecule has 2 heterocycles. The van der Waals surface area contributed by atoms with Gasteiger partial charge in [-0.3, -0.25) is 4.99 Å². The van der Waals surface area contributed by atoms with E-state index in [2.05, 4.69) is 29.1 Å². The third kappa shape index (κ3) is 3.88. The van der Waals surface area contributed by atoms with E-state index < -0.39 is 0 Å². The predicted molar refractivity (Wildman–Crippen MR) is 76.9 cm³/mol. The molecule has 2 aliphatic heterocycles. The molecule has 4 heteroatoms. The lowest BCUT2D eigenvalue weighted by molar-refractivity contribution is 0.235. The SMILES string of the molecule is CCC1(C)CSC(=NCCN2CCCCC2)N1. The second-order valence-electron chi connectivity index (χ2n) is 5.42. The maximum absolute atomic E-state index is 4.69. The van der Waals surface area contributed by atoms with Crippen LogP contribution in [0.3, 0.4) is 0 Å². The highest BCUT2D eigenvalue weighted by Gasteiger charge is 2.30. The Morgan fingerprint density at radius 2 is 2.12 bits per heavy atom. The van der Waals surface area contributed by atoms with Crippen molar-refractivity contribution < 1.29 is 0 Å². The molecule has 1 atom stereocenters. The maximum atomic E-state index is 4.69. The number of hydrogen-bond donors (Lipinski definition) is 1. The van der Waals surface area contributed by atoms with Crippen molar-refractivity contribution in [3.63, 3.8) is 0 Å². The fourth-order valence-corrected chi connectivity index (χ4v) is 3.54. The molecule has 0 saturated carbocycles. The molecule has 0 aliphatic carbocycles. The van der Waals surface area contributed by atoms with Gasteiger partial charge in [0.2, 0.25) is 0 Å². The van der Waals surface area contributed by atoms with E-state index in [1.165, 1.54) is 38.8 Å². The van der Waals surface area contributed by atoms with Crippen LogP contribution in [0.25, 0.3) is 0 Å². The summed E-state index contributed by atoms with van der Waals surface area (Å²) in [6.07, 6.45) is 5.33. The van der Waals surface area contributed by atoms with Crippen molar-refractivity contribution in [3.05, 3.63) is 0 Å². The number of nitrogens with one attached hydrogen (secondary N) is 1. The van der Waals surface area contributed by atoms with Crippen molar-refractivity contribution in [2.45, 2.75) is 45.1 Å². The van der Waals surface area contributed by atoms with Crippen molar-refractivity contribution in [1.29, 1.82) is 0 Å². The summed E-state index contributed by atoms with van der Waals surface area (Å²) in [6.45, 7) is 9.16. The number of aliphatic imine (C=N–C) groups is 1. The van der Waals surface area contributed by atoms with Gasteiger partial charge in [0.25, 0.3) is 0 Å². The molecule has 2 saturated heterocycles. The Balaban J connectivity index is 1.70. The molecule has 1 unspecified atom stereocenters. The van der Waals surface area contributed by atoms with Crippen LogP contribution in [0.1, 0.15) is 39.5 Å². The first-order chi connectivity index (χ1) is 8.22. The Hall–Kier alpha value is -0.220. The van der Waals surface area contributed by atoms with Crippen LogP contribution >= 0.6 is 11.8 Å². The molecule has 0 aromatic heterocycles. The average Bonchev–Trinajstić information content (AvgIpc) is 2.74. The zero-order valence-electron chi connectivity index (χ0n) is 11.2. The van der Waals surface area contributed by atoms with E-state index in [4.69, 9.17) is 0 Å². The summed E-state index contributed by atoms with van der Waals surface area (Å²) >= 11 is 1.88. The first kappa shape index (κ1) is 13.2. The molecular weight excluding hydrogens is 230 g/mol. The van der Waals surface area contributed by atoms with E-state index in [1.54, 1.807) is 0 Å². The van der Waals surface area contributed by atoms with Crippen LogP contribution in [-0.2, 0) is 0 Å². The summed E-state index contributed by atoms with van der Waals surface area (Å²) in [6, 6.07) is 0. The molecule has 2 fully saturated rings. The van der Waals surface area contributed by atoms with Gasteiger partial charge in [-0.05, 0) is 39.3 Å². The van der Waals surface area contributed by atoms with Gasteiger partial charge in [0.05, 0.1) is 6.54 Å². The highest BCUT2D eigenvalue weighted by molar-refractivity contribution is 8.14. The molecule has 2 aliphatic rings. The zero-order chi connectivity index (χ0) is 12.1. The van der Waals surface area contributed by atoms with E-state index in [-0.39, 0.29) is 5.54 Å². The van der Waals surface area contributed by atoms with Crippen molar-refractivity contribution in [3.8, 4) is 0 Å². The quantitative estimate of drug-likeness (QED) is 0.835. The summed E-state index contributed by atoms with van der Waals surface area (Å²) < 4.78 is 0. The van der Waals surface area contributed by atoms with Gasteiger partial charge in [0, 0.05) is 17.8 Å². The van der Waals surface area contributed by atoms with Crippen LogP contribution in [0.4, 0.5) is 0 Å². The summed E-state index contributed by atoms with van der Waals surface area (Å²) in [5.41, 5.74) is 0.272. The van der Waals surface area contributed by atoms with Crippen molar-refractivity contribution in [1.82, 2.24) is 10.2 Å². The van der Waals surface area contributed by atoms with Crippen molar-refractivity contribution in [2.24, 2.45) is 4.99 Å². The fourth-order valence-electron chi connectivity index (χ4n) is 2.31. The van der Waals surface area contributed by atoms with E-state index in [0.717, 1.165) is 24.0 Å². The molecule has 17 heavy (non-hydrogen) atoms. The molecule has 1 N–H and O–H groups in total. The second kappa shape index (κ2) is 6.10. The lowest BCUT2D eigenvalue weighted by atomic mass is 10.0. The van der Waals surface area contributed by atoms with Gasteiger partial charge in [-0.25, -0.2) is 0 Å². The Kier molecular flexibility index (Phi) is 4.74. The van der Waals surface area contributed by atoms with Crippen LogP contribution in [0, 0.1) is 0 Å². The molecule has 0 aromatic carbocycles. The Morgan fingerprint density at radius 1 is 1.35 bits per heavy atom. The fraction of sp³-hybridized carbons (Fsp3) is 0.923. The number of rotatable bonds is 4. The molecule has 0 amide bonds. The zero-order valence-corrected chi connectivity index (χ0v) is 12.0. The topological polar surface area (TPSA) is 27.6 Å². The summed E-state index contributed by atoms with van der Waals surface area (Å²) in [4.78, 5) is 7.24. The number of thioether (sulfide) groups is 1.